The van der Waals surface area contributed by atoms with Crippen LogP contribution in [0.4, 0.5) is 26.3 Å². The third kappa shape index (κ3) is 3.76. The highest BCUT2D eigenvalue weighted by atomic mass is 79.9. The standard InChI is InChI=1S/C10H4BrF6NO/c11-6-3-1-2-5(4-18)7(6)19-8(9(12,13)14)10(15,16)17/h1-3,8H. The van der Waals surface area contributed by atoms with Crippen LogP contribution in [0.25, 0.3) is 0 Å². The Morgan fingerprint density at radius 1 is 1.11 bits per heavy atom. The number of nitriles is 1. The summed E-state index contributed by atoms with van der Waals surface area (Å²) in [4.78, 5) is 0. The van der Waals surface area contributed by atoms with Gasteiger partial charge in [0.2, 0.25) is 0 Å². The maximum absolute atomic E-state index is 12.3. The number of para-hydroxylation sites is 1. The molecule has 19 heavy (non-hydrogen) atoms. The predicted octanol–water partition coefficient (Wildman–Crippen LogP) is 4.19. The van der Waals surface area contributed by atoms with Crippen LogP contribution >= 0.6 is 15.9 Å². The van der Waals surface area contributed by atoms with Gasteiger partial charge in [-0.3, -0.25) is 0 Å². The van der Waals surface area contributed by atoms with Gasteiger partial charge in [-0.05, 0) is 28.1 Å². The molecule has 0 bridgehead atoms. The second kappa shape index (κ2) is 5.28. The van der Waals surface area contributed by atoms with Crippen molar-refractivity contribution in [2.75, 3.05) is 0 Å². The number of nitrogens with zero attached hydrogens (tertiary/aromatic N) is 1. The first-order chi connectivity index (χ1) is 8.57. The third-order valence-corrected chi connectivity index (χ3v) is 2.54. The van der Waals surface area contributed by atoms with E-state index >= 15 is 0 Å². The van der Waals surface area contributed by atoms with Crippen molar-refractivity contribution in [1.82, 2.24) is 0 Å². The zero-order chi connectivity index (χ0) is 14.8. The molecule has 0 fully saturated rings. The summed E-state index contributed by atoms with van der Waals surface area (Å²) in [5.41, 5.74) is -0.437. The Morgan fingerprint density at radius 3 is 2.05 bits per heavy atom. The summed E-state index contributed by atoms with van der Waals surface area (Å²) in [7, 11) is 0. The maximum Gasteiger partial charge on any atom is 0.434 e. The summed E-state index contributed by atoms with van der Waals surface area (Å²) in [6, 6.07) is 4.95. The maximum atomic E-state index is 12.3. The second-order valence-corrected chi connectivity index (χ2v) is 4.16. The Morgan fingerprint density at radius 2 is 1.63 bits per heavy atom. The molecule has 1 aromatic carbocycles. The van der Waals surface area contributed by atoms with Crippen LogP contribution in [0.15, 0.2) is 22.7 Å². The Labute approximate surface area is 111 Å². The number of ether oxygens (including phenoxy) is 1. The minimum absolute atomic E-state index is 0.176. The van der Waals surface area contributed by atoms with Gasteiger partial charge < -0.3 is 4.74 Å². The average molecular weight is 348 g/mol. The van der Waals surface area contributed by atoms with Gasteiger partial charge in [-0.15, -0.1) is 0 Å². The molecule has 0 radical (unpaired) electrons. The Hall–Kier alpha value is -1.43. The fourth-order valence-electron chi connectivity index (χ4n) is 1.15. The Bertz CT molecular complexity index is 490. The van der Waals surface area contributed by atoms with E-state index in [-0.39, 0.29) is 4.47 Å². The van der Waals surface area contributed by atoms with Crippen LogP contribution in [0.2, 0.25) is 0 Å². The van der Waals surface area contributed by atoms with Crippen LogP contribution in [-0.4, -0.2) is 18.5 Å². The number of rotatable bonds is 2. The van der Waals surface area contributed by atoms with Gasteiger partial charge in [0.15, 0.2) is 5.75 Å². The molecular weight excluding hydrogens is 344 g/mol. The fourth-order valence-corrected chi connectivity index (χ4v) is 1.61. The van der Waals surface area contributed by atoms with Crippen molar-refractivity contribution in [3.63, 3.8) is 0 Å². The van der Waals surface area contributed by atoms with Gasteiger partial charge in [0, 0.05) is 0 Å². The summed E-state index contributed by atoms with van der Waals surface area (Å²) >= 11 is 2.74. The number of hydrogen-bond acceptors (Lipinski definition) is 2. The van der Waals surface area contributed by atoms with Crippen molar-refractivity contribution in [2.45, 2.75) is 18.5 Å². The molecule has 104 valence electrons. The summed E-state index contributed by atoms with van der Waals surface area (Å²) in [5.74, 6) is -0.801. The minimum atomic E-state index is -5.64. The van der Waals surface area contributed by atoms with Crippen LogP contribution in [0.1, 0.15) is 5.56 Å². The lowest BCUT2D eigenvalue weighted by molar-refractivity contribution is -0.300. The van der Waals surface area contributed by atoms with Gasteiger partial charge in [0.1, 0.15) is 6.07 Å². The quantitative estimate of drug-likeness (QED) is 0.751. The molecule has 2 nitrogen and oxygen atoms in total. The van der Waals surface area contributed by atoms with Crippen molar-refractivity contribution >= 4 is 15.9 Å². The van der Waals surface area contributed by atoms with Gasteiger partial charge in [0.05, 0.1) is 10.0 Å². The SMILES string of the molecule is N#Cc1cccc(Br)c1OC(C(F)(F)F)C(F)(F)F. The van der Waals surface area contributed by atoms with Gasteiger partial charge in [-0.25, -0.2) is 0 Å². The van der Waals surface area contributed by atoms with Crippen LogP contribution in [-0.2, 0) is 0 Å². The molecule has 0 aliphatic heterocycles. The van der Waals surface area contributed by atoms with Crippen molar-refractivity contribution in [3.05, 3.63) is 28.2 Å². The van der Waals surface area contributed by atoms with Crippen molar-refractivity contribution in [1.29, 1.82) is 5.26 Å². The van der Waals surface area contributed by atoms with E-state index in [1.807, 2.05) is 0 Å². The molecule has 0 aliphatic rings. The lowest BCUT2D eigenvalue weighted by Gasteiger charge is -2.24. The minimum Gasteiger partial charge on any atom is -0.469 e. The van der Waals surface area contributed by atoms with E-state index in [0.717, 1.165) is 6.07 Å². The topological polar surface area (TPSA) is 33.0 Å². The van der Waals surface area contributed by atoms with E-state index in [2.05, 4.69) is 20.7 Å². The van der Waals surface area contributed by atoms with Gasteiger partial charge in [0.25, 0.3) is 6.10 Å². The molecule has 0 N–H and O–H groups in total. The predicted molar refractivity (Wildman–Crippen MR) is 55.4 cm³/mol. The molecular formula is C10H4BrF6NO. The molecule has 9 heteroatoms. The van der Waals surface area contributed by atoms with E-state index in [4.69, 9.17) is 5.26 Å². The van der Waals surface area contributed by atoms with E-state index < -0.39 is 29.8 Å². The van der Waals surface area contributed by atoms with E-state index in [1.165, 1.54) is 18.2 Å². The molecule has 0 saturated carbocycles. The number of hydrogen-bond donors (Lipinski definition) is 0. The first-order valence-corrected chi connectivity index (χ1v) is 5.35. The van der Waals surface area contributed by atoms with Crippen LogP contribution in [0.5, 0.6) is 5.75 Å². The van der Waals surface area contributed by atoms with Crippen molar-refractivity contribution < 1.29 is 31.1 Å². The van der Waals surface area contributed by atoms with Gasteiger partial charge in [-0.1, -0.05) is 6.07 Å². The normalized spacial score (nSPS) is 12.4. The molecule has 0 aliphatic carbocycles. The molecule has 0 atom stereocenters. The largest absolute Gasteiger partial charge is 0.469 e. The zero-order valence-electron chi connectivity index (χ0n) is 8.81. The van der Waals surface area contributed by atoms with Crippen LogP contribution in [0, 0.1) is 11.3 Å². The molecule has 0 amide bonds. The highest BCUT2D eigenvalue weighted by molar-refractivity contribution is 9.10. The lowest BCUT2D eigenvalue weighted by Crippen LogP contribution is -2.46. The number of halogens is 7. The Kier molecular flexibility index (Phi) is 4.35. The Balaban J connectivity index is 3.23. The van der Waals surface area contributed by atoms with Crippen LogP contribution in [0.3, 0.4) is 0 Å². The number of benzene rings is 1. The van der Waals surface area contributed by atoms with Crippen molar-refractivity contribution in [2.24, 2.45) is 0 Å². The van der Waals surface area contributed by atoms with Crippen molar-refractivity contribution in [3.8, 4) is 11.8 Å². The molecule has 1 rings (SSSR count). The summed E-state index contributed by atoms with van der Waals surface area (Å²) < 4.78 is 77.8. The van der Waals surface area contributed by atoms with E-state index in [1.54, 1.807) is 0 Å². The smallest absolute Gasteiger partial charge is 0.434 e. The highest BCUT2D eigenvalue weighted by Crippen LogP contribution is 2.39. The molecule has 0 unspecified atom stereocenters. The molecule has 0 aromatic heterocycles. The summed E-state index contributed by atoms with van der Waals surface area (Å²) in [5, 5.41) is 8.65. The van der Waals surface area contributed by atoms with Gasteiger partial charge >= 0.3 is 12.4 Å². The van der Waals surface area contributed by atoms with E-state index in [0.29, 0.717) is 0 Å². The molecule has 0 spiro atoms. The second-order valence-electron chi connectivity index (χ2n) is 3.31. The number of alkyl halides is 6. The first kappa shape index (κ1) is 15.6. The molecule has 0 heterocycles. The van der Waals surface area contributed by atoms with Crippen LogP contribution < -0.4 is 4.74 Å². The average Bonchev–Trinajstić information content (AvgIpc) is 2.23. The molecule has 0 saturated heterocycles. The fraction of sp³-hybridized carbons (Fsp3) is 0.300. The monoisotopic (exact) mass is 347 g/mol. The summed E-state index contributed by atoms with van der Waals surface area (Å²) in [6.45, 7) is 0. The zero-order valence-corrected chi connectivity index (χ0v) is 10.4. The van der Waals surface area contributed by atoms with E-state index in [9.17, 15) is 26.3 Å². The summed E-state index contributed by atoms with van der Waals surface area (Å²) in [6.07, 6.45) is -15.3. The lowest BCUT2D eigenvalue weighted by atomic mass is 10.2. The third-order valence-electron chi connectivity index (χ3n) is 1.92. The van der Waals surface area contributed by atoms with Gasteiger partial charge in [-0.2, -0.15) is 31.6 Å². The highest BCUT2D eigenvalue weighted by Gasteiger charge is 2.59. The first-order valence-electron chi connectivity index (χ1n) is 4.56. The molecule has 1 aromatic rings.